The number of carbonyl (C=O) groups is 5. The average Bonchev–Trinajstić information content (AvgIpc) is 2.74. The van der Waals surface area contributed by atoms with E-state index in [-0.39, 0.29) is 37.7 Å². The number of nitrogens with two attached hydrogens (primary N) is 4. The number of carboxylic acid groups (broad SMARTS) is 1. The van der Waals surface area contributed by atoms with Crippen molar-refractivity contribution in [2.75, 3.05) is 6.54 Å². The molecular weight excluding hydrogens is 460 g/mol. The van der Waals surface area contributed by atoms with E-state index in [1.807, 2.05) is 0 Å². The average molecular weight is 501 g/mol. The van der Waals surface area contributed by atoms with E-state index in [1.165, 1.54) is 0 Å². The topological polar surface area (TPSA) is 258 Å². The minimum Gasteiger partial charge on any atom is -0.480 e. The van der Waals surface area contributed by atoms with Crippen molar-refractivity contribution in [1.82, 2.24) is 16.0 Å². The fourth-order valence-corrected chi connectivity index (χ4v) is 2.94. The van der Waals surface area contributed by atoms with Gasteiger partial charge in [0.25, 0.3) is 0 Å². The first-order valence-electron chi connectivity index (χ1n) is 11.4. The summed E-state index contributed by atoms with van der Waals surface area (Å²) in [5.41, 5.74) is 21.7. The van der Waals surface area contributed by atoms with Gasteiger partial charge in [0.15, 0.2) is 5.96 Å². The second-order valence-electron chi connectivity index (χ2n) is 8.91. The summed E-state index contributed by atoms with van der Waals surface area (Å²) in [6.07, 6.45) is 0.0296. The predicted molar refractivity (Wildman–Crippen MR) is 129 cm³/mol. The van der Waals surface area contributed by atoms with Crippen LogP contribution in [-0.4, -0.2) is 71.4 Å². The van der Waals surface area contributed by atoms with E-state index < -0.39 is 59.7 Å². The molecule has 0 radical (unpaired) electrons. The van der Waals surface area contributed by atoms with Gasteiger partial charge in [-0.05, 0) is 31.1 Å². The molecule has 0 aromatic rings. The summed E-state index contributed by atoms with van der Waals surface area (Å²) in [5, 5.41) is 16.8. The largest absolute Gasteiger partial charge is 0.480 e. The molecule has 0 saturated heterocycles. The number of aliphatic carboxylic acids is 1. The maximum Gasteiger partial charge on any atom is 0.326 e. The van der Waals surface area contributed by atoms with Crippen molar-refractivity contribution >= 4 is 35.6 Å². The molecule has 0 spiro atoms. The zero-order valence-corrected chi connectivity index (χ0v) is 20.7. The Morgan fingerprint density at radius 3 is 1.77 bits per heavy atom. The molecule has 0 aromatic heterocycles. The number of hydrogen-bond donors (Lipinski definition) is 8. The molecule has 0 fully saturated rings. The number of rotatable bonds is 16. The first kappa shape index (κ1) is 31.6. The Balaban J connectivity index is 5.67. The standard InChI is InChI=1S/C21H40N8O6/c1-10(2)15(23)19(33)28-12(6-5-9-26-21(24)25)17(31)27-13(7-8-14(22)30)18(32)29-16(11(3)4)20(34)35/h10-13,15-16H,5-9,23H2,1-4H3,(H2,22,30)(H,27,31)(H,28,33)(H,29,32)(H,34,35)(H4,24,25,26). The maximum atomic E-state index is 13.0. The van der Waals surface area contributed by atoms with Gasteiger partial charge in [-0.2, -0.15) is 0 Å². The van der Waals surface area contributed by atoms with Crippen LogP contribution in [0, 0.1) is 11.8 Å². The van der Waals surface area contributed by atoms with Gasteiger partial charge in [-0.15, -0.1) is 0 Å². The molecule has 0 aliphatic heterocycles. The number of hydrogen-bond acceptors (Lipinski definition) is 7. The molecule has 35 heavy (non-hydrogen) atoms. The van der Waals surface area contributed by atoms with Gasteiger partial charge in [0, 0.05) is 13.0 Å². The van der Waals surface area contributed by atoms with Crippen LogP contribution in [0.4, 0.5) is 0 Å². The third-order valence-electron chi connectivity index (χ3n) is 5.14. The van der Waals surface area contributed by atoms with Crippen LogP contribution >= 0.6 is 0 Å². The number of amides is 4. The normalized spacial score (nSPS) is 14.4. The van der Waals surface area contributed by atoms with Gasteiger partial charge in [-0.25, -0.2) is 4.79 Å². The van der Waals surface area contributed by atoms with E-state index >= 15 is 0 Å². The Morgan fingerprint density at radius 2 is 1.31 bits per heavy atom. The van der Waals surface area contributed by atoms with Gasteiger partial charge in [0.1, 0.15) is 18.1 Å². The molecule has 14 heteroatoms. The second-order valence-corrected chi connectivity index (χ2v) is 8.91. The van der Waals surface area contributed by atoms with E-state index in [2.05, 4.69) is 20.9 Å². The van der Waals surface area contributed by atoms with Crippen LogP contribution in [-0.2, 0) is 24.0 Å². The molecule has 4 unspecified atom stereocenters. The van der Waals surface area contributed by atoms with Crippen LogP contribution in [0.2, 0.25) is 0 Å². The number of guanidine groups is 1. The van der Waals surface area contributed by atoms with Crippen molar-refractivity contribution in [3.8, 4) is 0 Å². The third-order valence-corrected chi connectivity index (χ3v) is 5.14. The van der Waals surface area contributed by atoms with Crippen LogP contribution in [0.15, 0.2) is 4.99 Å². The van der Waals surface area contributed by atoms with Gasteiger partial charge >= 0.3 is 5.97 Å². The van der Waals surface area contributed by atoms with Crippen LogP contribution < -0.4 is 38.9 Å². The van der Waals surface area contributed by atoms with E-state index in [0.29, 0.717) is 6.42 Å². The van der Waals surface area contributed by atoms with Gasteiger partial charge in [-0.3, -0.25) is 24.2 Å². The fourth-order valence-electron chi connectivity index (χ4n) is 2.94. The highest BCUT2D eigenvalue weighted by atomic mass is 16.4. The van der Waals surface area contributed by atoms with Crippen molar-refractivity contribution in [1.29, 1.82) is 0 Å². The Labute approximate surface area is 205 Å². The summed E-state index contributed by atoms with van der Waals surface area (Å²) in [7, 11) is 0. The number of nitrogens with zero attached hydrogens (tertiary/aromatic N) is 1. The summed E-state index contributed by atoms with van der Waals surface area (Å²) in [6, 6.07) is -4.45. The van der Waals surface area contributed by atoms with E-state index in [4.69, 9.17) is 22.9 Å². The summed E-state index contributed by atoms with van der Waals surface area (Å²) >= 11 is 0. The lowest BCUT2D eigenvalue weighted by Gasteiger charge is -2.26. The molecule has 0 saturated carbocycles. The molecule has 4 atom stereocenters. The molecule has 200 valence electrons. The lowest BCUT2D eigenvalue weighted by Crippen LogP contribution is -2.58. The van der Waals surface area contributed by atoms with Crippen molar-refractivity contribution in [2.45, 2.75) is 77.5 Å². The minimum atomic E-state index is -1.27. The zero-order valence-electron chi connectivity index (χ0n) is 20.7. The summed E-state index contributed by atoms with van der Waals surface area (Å²) in [4.78, 5) is 64.9. The molecule has 0 aliphatic carbocycles. The lowest BCUT2D eigenvalue weighted by molar-refractivity contribution is -0.143. The van der Waals surface area contributed by atoms with Crippen molar-refractivity contribution in [2.24, 2.45) is 39.8 Å². The van der Waals surface area contributed by atoms with Crippen LogP contribution in [0.3, 0.4) is 0 Å². The van der Waals surface area contributed by atoms with Crippen molar-refractivity contribution < 1.29 is 29.1 Å². The summed E-state index contributed by atoms with van der Waals surface area (Å²) in [6.45, 7) is 6.90. The van der Waals surface area contributed by atoms with Gasteiger partial charge in [0.05, 0.1) is 6.04 Å². The molecule has 12 N–H and O–H groups in total. The highest BCUT2D eigenvalue weighted by Crippen LogP contribution is 2.07. The third kappa shape index (κ3) is 12.6. The molecule has 4 amide bonds. The predicted octanol–water partition coefficient (Wildman–Crippen LogP) is -2.52. The van der Waals surface area contributed by atoms with E-state index in [1.54, 1.807) is 27.7 Å². The maximum absolute atomic E-state index is 13.0. The van der Waals surface area contributed by atoms with Gasteiger partial charge in [0.2, 0.25) is 23.6 Å². The van der Waals surface area contributed by atoms with Crippen molar-refractivity contribution in [3.63, 3.8) is 0 Å². The highest BCUT2D eigenvalue weighted by Gasteiger charge is 2.31. The minimum absolute atomic E-state index is 0.118. The number of carbonyl (C=O) groups excluding carboxylic acids is 4. The SMILES string of the molecule is CC(C)C(N)C(=O)NC(CCCN=C(N)N)C(=O)NC(CCC(N)=O)C(=O)NC(C(=O)O)C(C)C. The van der Waals surface area contributed by atoms with Gasteiger partial charge < -0.3 is 44.0 Å². The summed E-state index contributed by atoms with van der Waals surface area (Å²) in [5.74, 6) is -4.81. The molecule has 0 aliphatic rings. The van der Waals surface area contributed by atoms with Crippen molar-refractivity contribution in [3.05, 3.63) is 0 Å². The van der Waals surface area contributed by atoms with E-state index in [9.17, 15) is 29.1 Å². The fraction of sp³-hybridized carbons (Fsp3) is 0.714. The van der Waals surface area contributed by atoms with Gasteiger partial charge in [-0.1, -0.05) is 27.7 Å². The molecule has 14 nitrogen and oxygen atoms in total. The highest BCUT2D eigenvalue weighted by molar-refractivity contribution is 5.94. The smallest absolute Gasteiger partial charge is 0.326 e. The number of nitrogens with one attached hydrogen (secondary N) is 3. The Kier molecular flexibility index (Phi) is 14.0. The number of primary amides is 1. The van der Waals surface area contributed by atoms with Crippen LogP contribution in [0.5, 0.6) is 0 Å². The van der Waals surface area contributed by atoms with E-state index in [0.717, 1.165) is 0 Å². The molecular formula is C21H40N8O6. The lowest BCUT2D eigenvalue weighted by atomic mass is 10.0. The first-order chi connectivity index (χ1) is 16.2. The second kappa shape index (κ2) is 15.5. The summed E-state index contributed by atoms with van der Waals surface area (Å²) < 4.78 is 0. The number of carboxylic acids is 1. The molecule has 0 aromatic carbocycles. The zero-order chi connectivity index (χ0) is 27.3. The molecule has 0 rings (SSSR count). The Morgan fingerprint density at radius 1 is 0.800 bits per heavy atom. The quantitative estimate of drug-likeness (QED) is 0.0631. The number of aliphatic imine (C=N–C) groups is 1. The molecule has 0 bridgehead atoms. The van der Waals surface area contributed by atoms with Crippen LogP contribution in [0.1, 0.15) is 53.4 Å². The molecule has 0 heterocycles. The monoisotopic (exact) mass is 500 g/mol. The van der Waals surface area contributed by atoms with Crippen LogP contribution in [0.25, 0.3) is 0 Å². The Hall–Kier alpha value is -3.42. The first-order valence-corrected chi connectivity index (χ1v) is 11.4. The Bertz CT molecular complexity index is 782.